The molecule has 5 nitrogen and oxygen atoms in total. The Morgan fingerprint density at radius 1 is 1.38 bits per heavy atom. The number of nitrogens with zero attached hydrogens (tertiary/aromatic N) is 3. The number of anilines is 1. The first-order chi connectivity index (χ1) is 10.1. The minimum atomic E-state index is -0.931. The maximum Gasteiger partial charge on any atom is 0.356 e. The molecule has 0 aromatic carbocycles. The number of fused-ring (bicyclic) bond motifs is 1. The van der Waals surface area contributed by atoms with Crippen molar-refractivity contribution < 1.29 is 9.90 Å². The molecule has 1 saturated carbocycles. The van der Waals surface area contributed by atoms with Crippen LogP contribution in [0.3, 0.4) is 0 Å². The van der Waals surface area contributed by atoms with Crippen LogP contribution in [0.15, 0.2) is 24.4 Å². The van der Waals surface area contributed by atoms with E-state index in [9.17, 15) is 9.90 Å². The van der Waals surface area contributed by atoms with Crippen LogP contribution >= 0.6 is 0 Å². The number of imidazole rings is 1. The second kappa shape index (κ2) is 5.39. The number of carboxylic acid groups (broad SMARTS) is 1. The highest BCUT2D eigenvalue weighted by Gasteiger charge is 2.30. The highest BCUT2D eigenvalue weighted by molar-refractivity contribution is 5.93. The highest BCUT2D eigenvalue weighted by atomic mass is 16.4. The third-order valence-electron chi connectivity index (χ3n) is 4.61. The number of hydrogen-bond acceptors (Lipinski definition) is 3. The topological polar surface area (TPSA) is 57.8 Å². The van der Waals surface area contributed by atoms with E-state index in [1.54, 1.807) is 10.6 Å². The summed E-state index contributed by atoms with van der Waals surface area (Å²) in [5.74, 6) is 0.210. The molecule has 0 spiro atoms. The van der Waals surface area contributed by atoms with Gasteiger partial charge >= 0.3 is 5.97 Å². The van der Waals surface area contributed by atoms with Crippen LogP contribution in [0.1, 0.15) is 43.1 Å². The first-order valence-corrected chi connectivity index (χ1v) is 7.53. The fourth-order valence-corrected chi connectivity index (χ4v) is 3.46. The van der Waals surface area contributed by atoms with E-state index in [1.165, 1.54) is 19.3 Å². The summed E-state index contributed by atoms with van der Waals surface area (Å²) in [6, 6.07) is 5.91. The van der Waals surface area contributed by atoms with Gasteiger partial charge in [0.05, 0.1) is 0 Å². The molecule has 0 amide bonds. The van der Waals surface area contributed by atoms with Gasteiger partial charge < -0.3 is 10.0 Å². The summed E-state index contributed by atoms with van der Waals surface area (Å²) in [5, 5.41) is 9.58. The molecular weight excluding hydrogens is 266 g/mol. The highest BCUT2D eigenvalue weighted by Crippen LogP contribution is 2.32. The van der Waals surface area contributed by atoms with Crippen molar-refractivity contribution in [1.82, 2.24) is 9.38 Å². The average Bonchev–Trinajstić information content (AvgIpc) is 2.86. The molecule has 1 aliphatic carbocycles. The van der Waals surface area contributed by atoms with Crippen molar-refractivity contribution in [3.63, 3.8) is 0 Å². The zero-order valence-corrected chi connectivity index (χ0v) is 12.5. The SMILES string of the molecule is CC1CCCCC1N(C)c1nc2ccccn2c1C(=O)O. The van der Waals surface area contributed by atoms with Gasteiger partial charge in [0.25, 0.3) is 0 Å². The zero-order chi connectivity index (χ0) is 15.0. The largest absolute Gasteiger partial charge is 0.476 e. The predicted molar refractivity (Wildman–Crippen MR) is 82.0 cm³/mol. The molecular formula is C16H21N3O2. The lowest BCUT2D eigenvalue weighted by molar-refractivity contribution is 0.0690. The van der Waals surface area contributed by atoms with Gasteiger partial charge in [-0.3, -0.25) is 4.40 Å². The standard InChI is InChI=1S/C16H21N3O2/c1-11-7-3-4-8-12(11)18(2)15-14(16(20)21)19-10-6-5-9-13(19)17-15/h5-6,9-12H,3-4,7-8H2,1-2H3,(H,20,21). The molecule has 5 heteroatoms. The number of aromatic nitrogens is 2. The molecule has 2 unspecified atom stereocenters. The molecule has 112 valence electrons. The molecule has 0 bridgehead atoms. The quantitative estimate of drug-likeness (QED) is 0.942. The Balaban J connectivity index is 2.06. The Labute approximate surface area is 124 Å². The number of pyridine rings is 1. The molecule has 0 saturated heterocycles. The summed E-state index contributed by atoms with van der Waals surface area (Å²) in [5.41, 5.74) is 0.936. The van der Waals surface area contributed by atoms with Gasteiger partial charge in [0.1, 0.15) is 5.65 Å². The molecule has 1 aliphatic rings. The number of rotatable bonds is 3. The molecule has 3 rings (SSSR count). The minimum absolute atomic E-state index is 0.255. The van der Waals surface area contributed by atoms with Crippen LogP contribution in [0, 0.1) is 5.92 Å². The van der Waals surface area contributed by atoms with Crippen LogP contribution in [-0.2, 0) is 0 Å². The fraction of sp³-hybridized carbons (Fsp3) is 0.500. The third-order valence-corrected chi connectivity index (χ3v) is 4.61. The molecule has 2 aromatic rings. The van der Waals surface area contributed by atoms with Crippen molar-refractivity contribution >= 4 is 17.4 Å². The maximum atomic E-state index is 11.7. The zero-order valence-electron chi connectivity index (χ0n) is 12.5. The van der Waals surface area contributed by atoms with E-state index in [2.05, 4.69) is 16.8 Å². The Hall–Kier alpha value is -2.04. The monoisotopic (exact) mass is 287 g/mol. The number of hydrogen-bond donors (Lipinski definition) is 1. The van der Waals surface area contributed by atoms with Crippen LogP contribution in [0.4, 0.5) is 5.82 Å². The fourth-order valence-electron chi connectivity index (χ4n) is 3.46. The van der Waals surface area contributed by atoms with Crippen LogP contribution in [0.2, 0.25) is 0 Å². The molecule has 21 heavy (non-hydrogen) atoms. The second-order valence-corrected chi connectivity index (χ2v) is 5.96. The van der Waals surface area contributed by atoms with E-state index >= 15 is 0 Å². The van der Waals surface area contributed by atoms with E-state index in [1.807, 2.05) is 25.2 Å². The molecule has 2 atom stereocenters. The molecule has 2 aromatic heterocycles. The Morgan fingerprint density at radius 3 is 2.86 bits per heavy atom. The first-order valence-electron chi connectivity index (χ1n) is 7.53. The summed E-state index contributed by atoms with van der Waals surface area (Å²) in [6.07, 6.45) is 6.53. The lowest BCUT2D eigenvalue weighted by Gasteiger charge is -2.36. The first kappa shape index (κ1) is 13.9. The van der Waals surface area contributed by atoms with E-state index in [0.29, 0.717) is 23.4 Å². The van der Waals surface area contributed by atoms with Crippen molar-refractivity contribution in [3.8, 4) is 0 Å². The van der Waals surface area contributed by atoms with Crippen LogP contribution in [-0.4, -0.2) is 33.6 Å². The lowest BCUT2D eigenvalue weighted by Crippen LogP contribution is -2.39. The van der Waals surface area contributed by atoms with Crippen molar-refractivity contribution in [2.24, 2.45) is 5.92 Å². The van der Waals surface area contributed by atoms with E-state index in [0.717, 1.165) is 6.42 Å². The Bertz CT molecular complexity index is 665. The van der Waals surface area contributed by atoms with Gasteiger partial charge in [0.15, 0.2) is 11.5 Å². The van der Waals surface area contributed by atoms with Gasteiger partial charge in [-0.25, -0.2) is 9.78 Å². The number of carbonyl (C=O) groups is 1. The molecule has 2 heterocycles. The predicted octanol–water partition coefficient (Wildman–Crippen LogP) is 3.05. The van der Waals surface area contributed by atoms with Crippen LogP contribution in [0.5, 0.6) is 0 Å². The summed E-state index contributed by atoms with van der Waals surface area (Å²) in [4.78, 5) is 18.3. The van der Waals surface area contributed by atoms with Crippen molar-refractivity contribution in [2.75, 3.05) is 11.9 Å². The Kier molecular flexibility index (Phi) is 3.57. The van der Waals surface area contributed by atoms with Crippen molar-refractivity contribution in [2.45, 2.75) is 38.6 Å². The number of carboxylic acids is 1. The van der Waals surface area contributed by atoms with Crippen molar-refractivity contribution in [1.29, 1.82) is 0 Å². The summed E-state index contributed by atoms with van der Waals surface area (Å²) < 4.78 is 1.65. The van der Waals surface area contributed by atoms with E-state index in [-0.39, 0.29) is 5.69 Å². The second-order valence-electron chi connectivity index (χ2n) is 5.96. The summed E-state index contributed by atoms with van der Waals surface area (Å²) in [7, 11) is 1.97. The van der Waals surface area contributed by atoms with Gasteiger partial charge in [-0.2, -0.15) is 0 Å². The summed E-state index contributed by atoms with van der Waals surface area (Å²) >= 11 is 0. The van der Waals surface area contributed by atoms with Gasteiger partial charge in [-0.1, -0.05) is 25.8 Å². The minimum Gasteiger partial charge on any atom is -0.476 e. The Morgan fingerprint density at radius 2 is 2.14 bits per heavy atom. The third kappa shape index (κ3) is 2.37. The molecule has 1 N–H and O–H groups in total. The van der Waals surface area contributed by atoms with Crippen LogP contribution in [0.25, 0.3) is 5.65 Å². The van der Waals surface area contributed by atoms with Gasteiger partial charge in [0, 0.05) is 19.3 Å². The lowest BCUT2D eigenvalue weighted by atomic mass is 9.85. The molecule has 0 radical (unpaired) electrons. The average molecular weight is 287 g/mol. The molecule has 0 aliphatic heterocycles. The van der Waals surface area contributed by atoms with E-state index in [4.69, 9.17) is 0 Å². The van der Waals surface area contributed by atoms with Crippen molar-refractivity contribution in [3.05, 3.63) is 30.1 Å². The molecule has 1 fully saturated rings. The van der Waals surface area contributed by atoms with Crippen LogP contribution < -0.4 is 4.90 Å². The smallest absolute Gasteiger partial charge is 0.356 e. The maximum absolute atomic E-state index is 11.7. The van der Waals surface area contributed by atoms with Gasteiger partial charge in [-0.05, 0) is 30.9 Å². The summed E-state index contributed by atoms with van der Waals surface area (Å²) in [6.45, 7) is 2.25. The number of aromatic carboxylic acids is 1. The van der Waals surface area contributed by atoms with E-state index < -0.39 is 5.97 Å². The van der Waals surface area contributed by atoms with Gasteiger partial charge in [0.2, 0.25) is 0 Å². The normalized spacial score (nSPS) is 22.4. The van der Waals surface area contributed by atoms with Gasteiger partial charge in [-0.15, -0.1) is 0 Å².